The number of rotatable bonds is 13. The molecule has 0 bridgehead atoms. The van der Waals surface area contributed by atoms with Gasteiger partial charge in [0.2, 0.25) is 5.91 Å². The number of imidazole rings is 1. The summed E-state index contributed by atoms with van der Waals surface area (Å²) in [5.74, 6) is 3.16. The van der Waals surface area contributed by atoms with E-state index in [4.69, 9.17) is 19.2 Å². The lowest BCUT2D eigenvalue weighted by atomic mass is 10.1. The van der Waals surface area contributed by atoms with E-state index in [1.807, 2.05) is 42.5 Å². The lowest BCUT2D eigenvalue weighted by molar-refractivity contribution is -0.120. The first-order valence-electron chi connectivity index (χ1n) is 13.1. The van der Waals surface area contributed by atoms with E-state index in [0.29, 0.717) is 31.1 Å². The van der Waals surface area contributed by atoms with E-state index in [-0.39, 0.29) is 12.3 Å². The van der Waals surface area contributed by atoms with Gasteiger partial charge in [0.05, 0.1) is 38.3 Å². The number of nitrogens with one attached hydrogen (secondary N) is 1. The molecule has 1 heterocycles. The molecule has 4 rings (SSSR count). The van der Waals surface area contributed by atoms with Crippen molar-refractivity contribution in [3.05, 3.63) is 83.2 Å². The molecule has 1 aromatic heterocycles. The summed E-state index contributed by atoms with van der Waals surface area (Å²) >= 11 is 0. The highest BCUT2D eigenvalue weighted by Gasteiger charge is 2.12. The summed E-state index contributed by atoms with van der Waals surface area (Å²) < 4.78 is 18.9. The van der Waals surface area contributed by atoms with Crippen LogP contribution in [0, 0.1) is 13.8 Å². The zero-order chi connectivity index (χ0) is 26.9. The number of hydrogen-bond acceptors (Lipinski definition) is 5. The number of ether oxygens (including phenoxy) is 3. The largest absolute Gasteiger partial charge is 0.493 e. The molecule has 0 saturated carbocycles. The molecule has 0 unspecified atom stereocenters. The van der Waals surface area contributed by atoms with E-state index in [9.17, 15) is 4.79 Å². The topological polar surface area (TPSA) is 74.6 Å². The average Bonchev–Trinajstić information content (AvgIpc) is 3.26. The highest BCUT2D eigenvalue weighted by atomic mass is 16.5. The molecule has 0 saturated heterocycles. The predicted molar refractivity (Wildman–Crippen MR) is 150 cm³/mol. The second kappa shape index (κ2) is 13.0. The Morgan fingerprint density at radius 1 is 0.921 bits per heavy atom. The van der Waals surface area contributed by atoms with Gasteiger partial charge in [0, 0.05) is 19.5 Å². The fourth-order valence-electron chi connectivity index (χ4n) is 4.63. The summed E-state index contributed by atoms with van der Waals surface area (Å²) in [7, 11) is 3.18. The van der Waals surface area contributed by atoms with Gasteiger partial charge in [-0.25, -0.2) is 4.98 Å². The van der Waals surface area contributed by atoms with Gasteiger partial charge in [-0.1, -0.05) is 35.9 Å². The molecule has 4 aromatic rings. The molecule has 7 heteroatoms. The Morgan fingerprint density at radius 3 is 2.50 bits per heavy atom. The molecule has 0 aliphatic heterocycles. The van der Waals surface area contributed by atoms with Crippen molar-refractivity contribution in [1.82, 2.24) is 14.9 Å². The van der Waals surface area contributed by atoms with E-state index in [2.05, 4.69) is 41.9 Å². The zero-order valence-corrected chi connectivity index (χ0v) is 22.8. The Hall–Kier alpha value is -4.00. The number of nitrogens with zero attached hydrogens (tertiary/aromatic N) is 2. The van der Waals surface area contributed by atoms with Gasteiger partial charge in [0.1, 0.15) is 11.6 Å². The van der Waals surface area contributed by atoms with E-state index in [1.54, 1.807) is 14.2 Å². The number of benzene rings is 3. The smallest absolute Gasteiger partial charge is 0.224 e. The molecule has 3 aromatic carbocycles. The van der Waals surface area contributed by atoms with E-state index in [0.717, 1.165) is 47.6 Å². The van der Waals surface area contributed by atoms with Crippen LogP contribution in [-0.4, -0.2) is 42.8 Å². The Bertz CT molecular complexity index is 1380. The van der Waals surface area contributed by atoms with Crippen molar-refractivity contribution < 1.29 is 19.0 Å². The molecule has 7 nitrogen and oxygen atoms in total. The lowest BCUT2D eigenvalue weighted by Gasteiger charge is -2.12. The molecule has 0 aliphatic carbocycles. The normalized spacial score (nSPS) is 10.9. The number of amides is 1. The molecule has 200 valence electrons. The van der Waals surface area contributed by atoms with Crippen LogP contribution in [0.2, 0.25) is 0 Å². The van der Waals surface area contributed by atoms with Gasteiger partial charge in [-0.2, -0.15) is 0 Å². The number of carbonyl (C=O) groups is 1. The molecule has 0 spiro atoms. The van der Waals surface area contributed by atoms with Crippen LogP contribution in [0.4, 0.5) is 0 Å². The van der Waals surface area contributed by atoms with Gasteiger partial charge < -0.3 is 24.1 Å². The molecule has 0 atom stereocenters. The van der Waals surface area contributed by atoms with Crippen LogP contribution < -0.4 is 19.5 Å². The number of fused-ring (bicyclic) bond motifs is 1. The molecule has 1 N–H and O–H groups in total. The number of unbranched alkanes of at least 4 members (excludes halogenated alkanes) is 1. The van der Waals surface area contributed by atoms with Crippen LogP contribution in [0.3, 0.4) is 0 Å². The van der Waals surface area contributed by atoms with Gasteiger partial charge in [0.15, 0.2) is 11.5 Å². The monoisotopic (exact) mass is 515 g/mol. The number of aromatic nitrogens is 2. The molecular weight excluding hydrogens is 478 g/mol. The summed E-state index contributed by atoms with van der Waals surface area (Å²) in [6.45, 7) is 6.22. The minimum absolute atomic E-state index is 0.0385. The maximum absolute atomic E-state index is 12.6. The van der Waals surface area contributed by atoms with Crippen molar-refractivity contribution in [2.24, 2.45) is 0 Å². The minimum Gasteiger partial charge on any atom is -0.493 e. The highest BCUT2D eigenvalue weighted by Crippen LogP contribution is 2.27. The predicted octanol–water partition coefficient (Wildman–Crippen LogP) is 5.43. The van der Waals surface area contributed by atoms with Gasteiger partial charge >= 0.3 is 0 Å². The number of aryl methyl sites for hydroxylation is 3. The van der Waals surface area contributed by atoms with Gasteiger partial charge in [0.25, 0.3) is 0 Å². The fourth-order valence-corrected chi connectivity index (χ4v) is 4.63. The van der Waals surface area contributed by atoms with Crippen molar-refractivity contribution >= 4 is 16.9 Å². The number of carbonyl (C=O) groups excluding carboxylic acids is 1. The quantitative estimate of drug-likeness (QED) is 0.240. The summed E-state index contributed by atoms with van der Waals surface area (Å²) in [5, 5.41) is 3.04. The average molecular weight is 516 g/mol. The third kappa shape index (κ3) is 6.85. The third-order valence-electron chi connectivity index (χ3n) is 6.58. The maximum Gasteiger partial charge on any atom is 0.224 e. The first-order chi connectivity index (χ1) is 18.5. The van der Waals surface area contributed by atoms with Crippen LogP contribution in [-0.2, 0) is 24.2 Å². The van der Waals surface area contributed by atoms with Crippen molar-refractivity contribution in [1.29, 1.82) is 0 Å². The van der Waals surface area contributed by atoms with E-state index < -0.39 is 0 Å². The second-order valence-corrected chi connectivity index (χ2v) is 9.46. The first-order valence-corrected chi connectivity index (χ1v) is 13.1. The first kappa shape index (κ1) is 27.0. The zero-order valence-electron chi connectivity index (χ0n) is 22.8. The number of methoxy groups -OCH3 is 2. The molecule has 0 aliphatic rings. The number of hydrogen-bond donors (Lipinski definition) is 1. The molecule has 0 radical (unpaired) electrons. The van der Waals surface area contributed by atoms with Gasteiger partial charge in [-0.05, 0) is 68.1 Å². The summed E-state index contributed by atoms with van der Waals surface area (Å²) in [5.41, 5.74) is 5.38. The summed E-state index contributed by atoms with van der Waals surface area (Å²) in [6.07, 6.45) is 2.86. The van der Waals surface area contributed by atoms with Gasteiger partial charge in [-0.15, -0.1) is 0 Å². The van der Waals surface area contributed by atoms with Crippen molar-refractivity contribution in [3.63, 3.8) is 0 Å². The fraction of sp³-hybridized carbons (Fsp3) is 0.355. The van der Waals surface area contributed by atoms with Crippen LogP contribution in [0.25, 0.3) is 11.0 Å². The van der Waals surface area contributed by atoms with Crippen LogP contribution in [0.1, 0.15) is 35.4 Å². The maximum atomic E-state index is 12.6. The van der Waals surface area contributed by atoms with E-state index in [1.165, 1.54) is 11.1 Å². The van der Waals surface area contributed by atoms with Crippen LogP contribution >= 0.6 is 0 Å². The molecule has 0 fully saturated rings. The Morgan fingerprint density at radius 2 is 1.71 bits per heavy atom. The van der Waals surface area contributed by atoms with Crippen LogP contribution in [0.5, 0.6) is 17.2 Å². The molecule has 1 amide bonds. The summed E-state index contributed by atoms with van der Waals surface area (Å²) in [4.78, 5) is 17.4. The van der Waals surface area contributed by atoms with Crippen LogP contribution in [0.15, 0.2) is 60.7 Å². The number of para-hydroxylation sites is 2. The minimum atomic E-state index is -0.0385. The Balaban J connectivity index is 1.30. The highest BCUT2D eigenvalue weighted by molar-refractivity contribution is 5.79. The SMILES string of the molecule is COc1ccc(CC(=O)NCCc2nc3ccccc3n2CCCCOc2ccc(C)cc2C)cc1OC. The standard InChI is InChI=1S/C31H37N3O4/c1-22-11-13-27(23(2)19-22)38-18-8-7-17-34-26-10-6-5-9-25(26)33-30(34)15-16-32-31(35)21-24-12-14-28(36-3)29(20-24)37-4/h5-6,9-14,19-20H,7-8,15-18,21H2,1-4H3,(H,32,35). The van der Waals surface area contributed by atoms with Crippen molar-refractivity contribution in [2.75, 3.05) is 27.4 Å². The van der Waals surface area contributed by atoms with E-state index >= 15 is 0 Å². The summed E-state index contributed by atoms with van der Waals surface area (Å²) in [6, 6.07) is 20.0. The molecule has 38 heavy (non-hydrogen) atoms. The van der Waals surface area contributed by atoms with Crippen molar-refractivity contribution in [2.45, 2.75) is 46.1 Å². The Kier molecular flexibility index (Phi) is 9.25. The second-order valence-electron chi connectivity index (χ2n) is 9.46. The van der Waals surface area contributed by atoms with Gasteiger partial charge in [-0.3, -0.25) is 4.79 Å². The lowest BCUT2D eigenvalue weighted by Crippen LogP contribution is -2.28. The molecular formula is C31H37N3O4. The Labute approximate surface area is 224 Å². The third-order valence-corrected chi connectivity index (χ3v) is 6.58. The van der Waals surface area contributed by atoms with Crippen molar-refractivity contribution in [3.8, 4) is 17.2 Å².